The Balaban J connectivity index is 2.52. The number of hydrogen-bond donors (Lipinski definition) is 2. The molecule has 1 heterocycles. The Kier molecular flexibility index (Phi) is 3.93. The van der Waals surface area contributed by atoms with Crippen molar-refractivity contribution in [2.45, 2.75) is 6.04 Å². The van der Waals surface area contributed by atoms with Gasteiger partial charge in [0, 0.05) is 16.2 Å². The van der Waals surface area contributed by atoms with Crippen molar-refractivity contribution in [3.63, 3.8) is 0 Å². The first kappa shape index (κ1) is 13.0. The number of hydrogen-bond acceptors (Lipinski definition) is 3. The molecule has 0 spiro atoms. The van der Waals surface area contributed by atoms with Crippen LogP contribution in [-0.2, 0) is 0 Å². The molecule has 3 nitrogen and oxygen atoms in total. The Hall–Kier alpha value is -1.46. The number of rotatable bonds is 3. The highest BCUT2D eigenvalue weighted by molar-refractivity contribution is 9.10. The number of nitrogens with one attached hydrogen (secondary N) is 1. The molecule has 0 bridgehead atoms. The summed E-state index contributed by atoms with van der Waals surface area (Å²) in [5.74, 6) is 0.156. The number of pyridine rings is 1. The van der Waals surface area contributed by atoms with Crippen molar-refractivity contribution >= 4 is 21.7 Å². The van der Waals surface area contributed by atoms with Crippen molar-refractivity contribution in [1.82, 2.24) is 10.3 Å². The minimum atomic E-state index is -0.282. The van der Waals surface area contributed by atoms with Gasteiger partial charge in [0.25, 0.3) is 0 Å². The molecule has 0 fully saturated rings. The second-order valence-electron chi connectivity index (χ2n) is 3.87. The molecule has 0 saturated heterocycles. The molecule has 18 heavy (non-hydrogen) atoms. The summed E-state index contributed by atoms with van der Waals surface area (Å²) in [6, 6.07) is 8.06. The van der Waals surface area contributed by atoms with E-state index in [1.165, 1.54) is 12.1 Å². The van der Waals surface area contributed by atoms with Crippen LogP contribution in [0.4, 0.5) is 10.2 Å². The van der Waals surface area contributed by atoms with Crippen LogP contribution in [-0.4, -0.2) is 12.0 Å². The molecule has 5 heteroatoms. The molecule has 94 valence electrons. The first-order valence-corrected chi connectivity index (χ1v) is 6.25. The van der Waals surface area contributed by atoms with E-state index in [0.717, 1.165) is 15.6 Å². The second-order valence-corrected chi connectivity index (χ2v) is 4.72. The first-order valence-electron chi connectivity index (χ1n) is 5.46. The van der Waals surface area contributed by atoms with E-state index < -0.39 is 0 Å². The fraction of sp³-hybridized carbons (Fsp3) is 0.154. The van der Waals surface area contributed by atoms with Crippen LogP contribution >= 0.6 is 15.9 Å². The van der Waals surface area contributed by atoms with Crippen LogP contribution in [0, 0.1) is 5.82 Å². The number of nitrogens with zero attached hydrogens (tertiary/aromatic N) is 1. The molecule has 2 rings (SSSR count). The van der Waals surface area contributed by atoms with Gasteiger partial charge in [0.05, 0.1) is 6.04 Å². The predicted molar refractivity (Wildman–Crippen MR) is 73.7 cm³/mol. The van der Waals surface area contributed by atoms with Crippen molar-refractivity contribution in [2.75, 3.05) is 12.8 Å². The molecule has 0 aliphatic rings. The fourth-order valence-corrected chi connectivity index (χ4v) is 2.36. The minimum Gasteiger partial charge on any atom is -0.383 e. The van der Waals surface area contributed by atoms with E-state index in [0.29, 0.717) is 5.82 Å². The molecule has 0 saturated carbocycles. The molecule has 0 aliphatic heterocycles. The number of halogens is 2. The normalized spacial score (nSPS) is 12.4. The smallest absolute Gasteiger partial charge is 0.128 e. The zero-order valence-corrected chi connectivity index (χ0v) is 11.4. The summed E-state index contributed by atoms with van der Waals surface area (Å²) in [6.07, 6.45) is 1.63. The van der Waals surface area contributed by atoms with E-state index in [-0.39, 0.29) is 11.9 Å². The topological polar surface area (TPSA) is 50.9 Å². The number of benzene rings is 1. The van der Waals surface area contributed by atoms with Crippen LogP contribution in [0.2, 0.25) is 0 Å². The Morgan fingerprint density at radius 2 is 2.11 bits per heavy atom. The van der Waals surface area contributed by atoms with Crippen LogP contribution in [0.3, 0.4) is 0 Å². The molecule has 0 amide bonds. The number of nitrogens with two attached hydrogens (primary N) is 1. The van der Waals surface area contributed by atoms with Gasteiger partial charge in [-0.05, 0) is 36.9 Å². The van der Waals surface area contributed by atoms with Gasteiger partial charge < -0.3 is 11.1 Å². The molecule has 3 N–H and O–H groups in total. The van der Waals surface area contributed by atoms with Gasteiger partial charge in [0.1, 0.15) is 11.6 Å². The number of aromatic nitrogens is 1. The summed E-state index contributed by atoms with van der Waals surface area (Å²) >= 11 is 3.43. The van der Waals surface area contributed by atoms with E-state index in [1.807, 2.05) is 12.1 Å². The Morgan fingerprint density at radius 1 is 1.33 bits per heavy atom. The average molecular weight is 310 g/mol. The van der Waals surface area contributed by atoms with Gasteiger partial charge in [0.15, 0.2) is 0 Å². The lowest BCUT2D eigenvalue weighted by molar-refractivity contribution is 0.615. The van der Waals surface area contributed by atoms with Gasteiger partial charge in [-0.3, -0.25) is 0 Å². The lowest BCUT2D eigenvalue weighted by Gasteiger charge is -2.19. The molecule has 1 aromatic heterocycles. The van der Waals surface area contributed by atoms with Crippen molar-refractivity contribution in [2.24, 2.45) is 0 Å². The van der Waals surface area contributed by atoms with Crippen LogP contribution < -0.4 is 11.1 Å². The summed E-state index contributed by atoms with van der Waals surface area (Å²) in [5, 5.41) is 3.13. The summed E-state index contributed by atoms with van der Waals surface area (Å²) in [4.78, 5) is 4.05. The third-order valence-electron chi connectivity index (χ3n) is 2.74. The van der Waals surface area contributed by atoms with Crippen molar-refractivity contribution in [1.29, 1.82) is 0 Å². The Bertz CT molecular complexity index is 560. The third kappa shape index (κ3) is 2.52. The van der Waals surface area contributed by atoms with Gasteiger partial charge in [-0.15, -0.1) is 0 Å². The highest BCUT2D eigenvalue weighted by atomic mass is 79.9. The standard InChI is InChI=1S/C13H13BrFN3/c1-17-12(9-3-2-6-18-13(9)16)10-7-8(15)4-5-11(10)14/h2-7,12,17H,1H3,(H2,16,18). The molecular formula is C13H13BrFN3. The van der Waals surface area contributed by atoms with Gasteiger partial charge in [-0.25, -0.2) is 9.37 Å². The summed E-state index contributed by atoms with van der Waals surface area (Å²) < 4.78 is 14.2. The molecule has 1 atom stereocenters. The van der Waals surface area contributed by atoms with Crippen molar-refractivity contribution in [3.05, 3.63) is 57.9 Å². The van der Waals surface area contributed by atoms with Crippen LogP contribution in [0.25, 0.3) is 0 Å². The number of nitrogen functional groups attached to an aromatic ring is 1. The van der Waals surface area contributed by atoms with E-state index >= 15 is 0 Å². The molecule has 0 aliphatic carbocycles. The van der Waals surface area contributed by atoms with Gasteiger partial charge in [-0.2, -0.15) is 0 Å². The predicted octanol–water partition coefficient (Wildman–Crippen LogP) is 2.87. The first-order chi connectivity index (χ1) is 8.63. The Labute approximate surface area is 113 Å². The highest BCUT2D eigenvalue weighted by Gasteiger charge is 2.18. The molecule has 1 aromatic carbocycles. The van der Waals surface area contributed by atoms with E-state index in [9.17, 15) is 4.39 Å². The summed E-state index contributed by atoms with van der Waals surface area (Å²) in [5.41, 5.74) is 7.48. The van der Waals surface area contributed by atoms with Gasteiger partial charge in [-0.1, -0.05) is 22.0 Å². The second kappa shape index (κ2) is 5.46. The fourth-order valence-electron chi connectivity index (χ4n) is 1.89. The van der Waals surface area contributed by atoms with Crippen LogP contribution in [0.1, 0.15) is 17.2 Å². The minimum absolute atomic E-state index is 0.205. The Morgan fingerprint density at radius 3 is 2.78 bits per heavy atom. The van der Waals surface area contributed by atoms with Crippen molar-refractivity contribution < 1.29 is 4.39 Å². The summed E-state index contributed by atoms with van der Waals surface area (Å²) in [6.45, 7) is 0. The zero-order chi connectivity index (χ0) is 13.1. The molecular weight excluding hydrogens is 297 g/mol. The largest absolute Gasteiger partial charge is 0.383 e. The van der Waals surface area contributed by atoms with Gasteiger partial charge in [0.2, 0.25) is 0 Å². The average Bonchev–Trinajstić information content (AvgIpc) is 2.36. The zero-order valence-electron chi connectivity index (χ0n) is 9.82. The van der Waals surface area contributed by atoms with E-state index in [2.05, 4.69) is 26.2 Å². The van der Waals surface area contributed by atoms with Gasteiger partial charge >= 0.3 is 0 Å². The highest BCUT2D eigenvalue weighted by Crippen LogP contribution is 2.30. The lowest BCUT2D eigenvalue weighted by Crippen LogP contribution is -2.20. The SMILES string of the molecule is CNC(c1cc(F)ccc1Br)c1cccnc1N. The van der Waals surface area contributed by atoms with Crippen LogP contribution in [0.5, 0.6) is 0 Å². The molecule has 2 aromatic rings. The maximum atomic E-state index is 13.4. The molecule has 1 unspecified atom stereocenters. The third-order valence-corrected chi connectivity index (χ3v) is 3.46. The quantitative estimate of drug-likeness (QED) is 0.916. The van der Waals surface area contributed by atoms with Crippen molar-refractivity contribution in [3.8, 4) is 0 Å². The molecule has 0 radical (unpaired) electrons. The number of anilines is 1. The van der Waals surface area contributed by atoms with Crippen LogP contribution in [0.15, 0.2) is 41.0 Å². The van der Waals surface area contributed by atoms with E-state index in [4.69, 9.17) is 5.73 Å². The lowest BCUT2D eigenvalue weighted by atomic mass is 9.99. The van der Waals surface area contributed by atoms with E-state index in [1.54, 1.807) is 19.3 Å². The maximum absolute atomic E-state index is 13.4. The monoisotopic (exact) mass is 309 g/mol. The maximum Gasteiger partial charge on any atom is 0.128 e. The summed E-state index contributed by atoms with van der Waals surface area (Å²) in [7, 11) is 1.80.